The van der Waals surface area contributed by atoms with Crippen LogP contribution < -0.4 is 10.2 Å². The number of fused-ring (bicyclic) bond motifs is 4. The van der Waals surface area contributed by atoms with Gasteiger partial charge in [-0.1, -0.05) is 0 Å². The van der Waals surface area contributed by atoms with E-state index in [9.17, 15) is 24.5 Å². The summed E-state index contributed by atoms with van der Waals surface area (Å²) in [6.45, 7) is 1.00. The molecule has 1 aromatic carbocycles. The van der Waals surface area contributed by atoms with E-state index in [-0.39, 0.29) is 18.7 Å². The molecule has 0 aromatic heterocycles. The molecule has 3 aliphatic rings. The van der Waals surface area contributed by atoms with E-state index < -0.39 is 34.2 Å². The van der Waals surface area contributed by atoms with Gasteiger partial charge in [-0.25, -0.2) is 4.79 Å². The van der Waals surface area contributed by atoms with Crippen LogP contribution in [0, 0.1) is 15.5 Å². The number of imide groups is 2. The van der Waals surface area contributed by atoms with Crippen LogP contribution in [0.2, 0.25) is 0 Å². The van der Waals surface area contributed by atoms with Crippen molar-refractivity contribution < 1.29 is 24.0 Å². The average molecular weight is 360 g/mol. The third-order valence-corrected chi connectivity index (χ3v) is 5.37. The van der Waals surface area contributed by atoms with E-state index in [4.69, 9.17) is 4.74 Å². The van der Waals surface area contributed by atoms with Gasteiger partial charge in [-0.2, -0.15) is 0 Å². The molecule has 4 rings (SSSR count). The Morgan fingerprint density at radius 3 is 2.85 bits per heavy atom. The first-order valence-electron chi connectivity index (χ1n) is 8.11. The van der Waals surface area contributed by atoms with E-state index in [1.54, 1.807) is 6.07 Å². The van der Waals surface area contributed by atoms with E-state index in [0.717, 1.165) is 10.6 Å². The van der Waals surface area contributed by atoms with Crippen LogP contribution in [0.4, 0.5) is 16.2 Å². The second kappa shape index (κ2) is 5.49. The molecule has 1 N–H and O–H groups in total. The van der Waals surface area contributed by atoms with Crippen molar-refractivity contribution in [2.24, 2.45) is 5.41 Å². The van der Waals surface area contributed by atoms with Crippen LogP contribution in [0.25, 0.3) is 0 Å². The van der Waals surface area contributed by atoms with Crippen molar-refractivity contribution in [1.82, 2.24) is 10.2 Å². The Labute approximate surface area is 147 Å². The lowest BCUT2D eigenvalue weighted by atomic mass is 9.68. The van der Waals surface area contributed by atoms with Crippen LogP contribution in [-0.4, -0.2) is 60.5 Å². The number of morpholine rings is 1. The third kappa shape index (κ3) is 2.05. The van der Waals surface area contributed by atoms with Crippen LogP contribution in [0.1, 0.15) is 5.56 Å². The lowest BCUT2D eigenvalue weighted by molar-refractivity contribution is -0.384. The minimum absolute atomic E-state index is 0.0309. The van der Waals surface area contributed by atoms with Crippen LogP contribution >= 0.6 is 0 Å². The fourth-order valence-electron chi connectivity index (χ4n) is 4.06. The molecule has 2 unspecified atom stereocenters. The predicted molar refractivity (Wildman–Crippen MR) is 87.5 cm³/mol. The third-order valence-electron chi connectivity index (χ3n) is 5.37. The van der Waals surface area contributed by atoms with Crippen LogP contribution in [-0.2, 0) is 20.7 Å². The van der Waals surface area contributed by atoms with Gasteiger partial charge in [-0.3, -0.25) is 29.9 Å². The Hall–Kier alpha value is -3.01. The lowest BCUT2D eigenvalue weighted by Crippen LogP contribution is -2.73. The van der Waals surface area contributed by atoms with E-state index >= 15 is 0 Å². The maximum absolute atomic E-state index is 13.0. The zero-order valence-electron chi connectivity index (χ0n) is 13.9. The van der Waals surface area contributed by atoms with Gasteiger partial charge in [0.2, 0.25) is 11.8 Å². The number of anilines is 1. The number of carbonyl (C=O) groups is 3. The van der Waals surface area contributed by atoms with Crippen molar-refractivity contribution in [2.45, 2.75) is 12.5 Å². The highest BCUT2D eigenvalue weighted by atomic mass is 16.6. The number of nitrogens with one attached hydrogen (secondary N) is 1. The highest BCUT2D eigenvalue weighted by molar-refractivity contribution is 6.20. The first-order chi connectivity index (χ1) is 12.4. The number of carbonyl (C=O) groups excluding carboxylic acids is 3. The molecule has 0 radical (unpaired) electrons. The Bertz CT molecular complexity index is 855. The summed E-state index contributed by atoms with van der Waals surface area (Å²) in [5.41, 5.74) is -0.400. The number of benzene rings is 1. The Balaban J connectivity index is 1.90. The molecule has 2 saturated heterocycles. The summed E-state index contributed by atoms with van der Waals surface area (Å²) in [6, 6.07) is 3.06. The normalized spacial score (nSPS) is 27.9. The lowest BCUT2D eigenvalue weighted by Gasteiger charge is -2.52. The number of nitrogens with zero attached hydrogens (tertiary/aromatic N) is 3. The standard InChI is InChI=1S/C16H16N4O6/c1-18-14(22)16(13(21)17-15(18)23)7-9-6-10(20(24)25)2-3-11(9)19-4-5-26-8-12(16)19/h2-3,6,12H,4-5,7-8H2,1H3,(H,17,21,23). The number of non-ortho nitro benzene ring substituents is 1. The highest BCUT2D eigenvalue weighted by Gasteiger charge is 2.62. The Kier molecular flexibility index (Phi) is 3.48. The maximum Gasteiger partial charge on any atom is 0.330 e. The Morgan fingerprint density at radius 2 is 2.12 bits per heavy atom. The van der Waals surface area contributed by atoms with Gasteiger partial charge >= 0.3 is 6.03 Å². The fourth-order valence-corrected chi connectivity index (χ4v) is 4.06. The summed E-state index contributed by atoms with van der Waals surface area (Å²) in [7, 11) is 1.31. The number of ether oxygens (including phenoxy) is 1. The number of urea groups is 1. The average Bonchev–Trinajstić information content (AvgIpc) is 2.64. The first-order valence-corrected chi connectivity index (χ1v) is 8.11. The number of hydrogen-bond donors (Lipinski definition) is 1. The van der Waals surface area contributed by atoms with Crippen LogP contribution in [0.3, 0.4) is 0 Å². The molecule has 0 bridgehead atoms. The summed E-state index contributed by atoms with van der Waals surface area (Å²) >= 11 is 0. The molecule has 1 aromatic rings. The van der Waals surface area contributed by atoms with Gasteiger partial charge in [0, 0.05) is 37.8 Å². The quantitative estimate of drug-likeness (QED) is 0.426. The molecular formula is C16H16N4O6. The molecule has 26 heavy (non-hydrogen) atoms. The molecule has 3 heterocycles. The monoisotopic (exact) mass is 360 g/mol. The SMILES string of the molecule is CN1C(=O)NC(=O)C2(Cc3cc([N+](=O)[O-])ccc3N3CCOCC32)C1=O. The van der Waals surface area contributed by atoms with Gasteiger partial charge < -0.3 is 9.64 Å². The molecular weight excluding hydrogens is 344 g/mol. The molecule has 2 atom stereocenters. The maximum atomic E-state index is 13.0. The number of barbiturate groups is 1. The predicted octanol–water partition coefficient (Wildman–Crippen LogP) is 0.0507. The number of nitro groups is 1. The number of hydrogen-bond acceptors (Lipinski definition) is 7. The van der Waals surface area contributed by atoms with Gasteiger partial charge in [0.25, 0.3) is 5.69 Å². The largest absolute Gasteiger partial charge is 0.377 e. The molecule has 4 amide bonds. The van der Waals surface area contributed by atoms with Gasteiger partial charge in [0.1, 0.15) is 0 Å². The zero-order valence-corrected chi connectivity index (χ0v) is 13.9. The second-order valence-corrected chi connectivity index (χ2v) is 6.63. The van der Waals surface area contributed by atoms with Crippen molar-refractivity contribution in [3.05, 3.63) is 33.9 Å². The highest BCUT2D eigenvalue weighted by Crippen LogP contribution is 2.45. The summed E-state index contributed by atoms with van der Waals surface area (Å²) in [6.07, 6.45) is -0.0309. The topological polar surface area (TPSA) is 122 Å². The van der Waals surface area contributed by atoms with Crippen molar-refractivity contribution in [3.63, 3.8) is 0 Å². The number of rotatable bonds is 1. The smallest absolute Gasteiger partial charge is 0.330 e. The van der Waals surface area contributed by atoms with Gasteiger partial charge in [-0.15, -0.1) is 0 Å². The van der Waals surface area contributed by atoms with Crippen molar-refractivity contribution in [2.75, 3.05) is 31.7 Å². The van der Waals surface area contributed by atoms with Crippen LogP contribution in [0.15, 0.2) is 18.2 Å². The Morgan fingerprint density at radius 1 is 1.35 bits per heavy atom. The fraction of sp³-hybridized carbons (Fsp3) is 0.438. The minimum atomic E-state index is -1.56. The van der Waals surface area contributed by atoms with E-state index in [0.29, 0.717) is 18.7 Å². The van der Waals surface area contributed by atoms with Crippen LogP contribution in [0.5, 0.6) is 0 Å². The summed E-state index contributed by atoms with van der Waals surface area (Å²) in [5.74, 6) is -1.31. The molecule has 136 valence electrons. The van der Waals surface area contributed by atoms with E-state index in [1.165, 1.54) is 19.2 Å². The molecule has 10 nitrogen and oxygen atoms in total. The van der Waals surface area contributed by atoms with E-state index in [1.807, 2.05) is 4.90 Å². The minimum Gasteiger partial charge on any atom is -0.377 e. The zero-order chi connectivity index (χ0) is 18.6. The molecule has 2 fully saturated rings. The molecule has 3 aliphatic heterocycles. The summed E-state index contributed by atoms with van der Waals surface area (Å²) in [4.78, 5) is 51.1. The molecule has 0 saturated carbocycles. The second-order valence-electron chi connectivity index (χ2n) is 6.63. The summed E-state index contributed by atoms with van der Waals surface area (Å²) in [5, 5.41) is 13.4. The number of amides is 4. The van der Waals surface area contributed by atoms with E-state index in [2.05, 4.69) is 5.32 Å². The molecule has 1 spiro atoms. The van der Waals surface area contributed by atoms with Gasteiger partial charge in [0.05, 0.1) is 24.2 Å². The van der Waals surface area contributed by atoms with Gasteiger partial charge in [-0.05, 0) is 11.6 Å². The molecule has 10 heteroatoms. The van der Waals surface area contributed by atoms with Crippen molar-refractivity contribution >= 4 is 29.2 Å². The molecule has 0 aliphatic carbocycles. The van der Waals surface area contributed by atoms with Crippen molar-refractivity contribution in [1.29, 1.82) is 0 Å². The summed E-state index contributed by atoms with van der Waals surface area (Å²) < 4.78 is 5.52. The number of nitro benzene ring substituents is 1. The first kappa shape index (κ1) is 16.5. The van der Waals surface area contributed by atoms with Gasteiger partial charge in [0.15, 0.2) is 5.41 Å². The van der Waals surface area contributed by atoms with Crippen molar-refractivity contribution in [3.8, 4) is 0 Å².